The molecule has 0 aliphatic carbocycles. The Kier molecular flexibility index (Phi) is 3.58. The third-order valence-corrected chi connectivity index (χ3v) is 3.06. The lowest BCUT2D eigenvalue weighted by Gasteiger charge is -2.05. The normalized spacial score (nSPS) is 10.8. The van der Waals surface area contributed by atoms with Crippen molar-refractivity contribution in [3.05, 3.63) is 36.8 Å². The number of aromatic amines is 1. The molecule has 0 saturated heterocycles. The van der Waals surface area contributed by atoms with Gasteiger partial charge in [0.25, 0.3) is 0 Å². The van der Waals surface area contributed by atoms with E-state index < -0.39 is 0 Å². The van der Waals surface area contributed by atoms with Crippen molar-refractivity contribution in [2.45, 2.75) is 19.8 Å². The summed E-state index contributed by atoms with van der Waals surface area (Å²) < 4.78 is 5.64. The van der Waals surface area contributed by atoms with Gasteiger partial charge in [-0.15, -0.1) is 0 Å². The van der Waals surface area contributed by atoms with Crippen molar-refractivity contribution < 1.29 is 4.74 Å². The number of H-pyrrole nitrogens is 1. The van der Waals surface area contributed by atoms with E-state index in [1.807, 2.05) is 24.3 Å². The summed E-state index contributed by atoms with van der Waals surface area (Å²) in [7, 11) is 0. The first-order valence-corrected chi connectivity index (χ1v) is 6.76. The van der Waals surface area contributed by atoms with Crippen LogP contribution < -0.4 is 4.74 Å². The highest BCUT2D eigenvalue weighted by molar-refractivity contribution is 5.74. The molecule has 0 radical (unpaired) electrons. The highest BCUT2D eigenvalue weighted by atomic mass is 16.5. The molecule has 0 atom stereocenters. The molecule has 0 bridgehead atoms. The zero-order valence-electron chi connectivity index (χ0n) is 11.3. The highest BCUT2D eigenvalue weighted by Gasteiger charge is 2.06. The molecule has 0 aliphatic heterocycles. The van der Waals surface area contributed by atoms with Crippen molar-refractivity contribution in [1.29, 1.82) is 0 Å². The van der Waals surface area contributed by atoms with Crippen LogP contribution in [0.4, 0.5) is 0 Å². The number of aromatic nitrogens is 4. The second-order valence-electron chi connectivity index (χ2n) is 4.57. The summed E-state index contributed by atoms with van der Waals surface area (Å²) in [6.07, 6.45) is 5.43. The van der Waals surface area contributed by atoms with Gasteiger partial charge in [-0.05, 0) is 30.7 Å². The van der Waals surface area contributed by atoms with Crippen LogP contribution in [0.15, 0.2) is 36.8 Å². The van der Waals surface area contributed by atoms with Gasteiger partial charge in [-0.25, -0.2) is 15.0 Å². The number of nitrogens with one attached hydrogen (secondary N) is 1. The summed E-state index contributed by atoms with van der Waals surface area (Å²) in [6.45, 7) is 2.91. The number of imidazole rings is 1. The van der Waals surface area contributed by atoms with Gasteiger partial charge in [0, 0.05) is 5.56 Å². The van der Waals surface area contributed by atoms with Gasteiger partial charge in [-0.3, -0.25) is 0 Å². The minimum absolute atomic E-state index is 0.679. The van der Waals surface area contributed by atoms with Gasteiger partial charge in [0.1, 0.15) is 23.4 Å². The van der Waals surface area contributed by atoms with Crippen LogP contribution in [0, 0.1) is 0 Å². The Morgan fingerprint density at radius 2 is 2.05 bits per heavy atom. The first kappa shape index (κ1) is 12.6. The van der Waals surface area contributed by atoms with Crippen molar-refractivity contribution in [2.24, 2.45) is 0 Å². The second-order valence-corrected chi connectivity index (χ2v) is 4.57. The maximum atomic E-state index is 5.64. The van der Waals surface area contributed by atoms with Crippen LogP contribution in [0.2, 0.25) is 0 Å². The fraction of sp³-hybridized carbons (Fsp3) is 0.267. The molecule has 2 heterocycles. The molecular weight excluding hydrogens is 252 g/mol. The van der Waals surface area contributed by atoms with E-state index in [9.17, 15) is 0 Å². The summed E-state index contributed by atoms with van der Waals surface area (Å²) >= 11 is 0. The molecule has 0 unspecified atom stereocenters. The van der Waals surface area contributed by atoms with Crippen LogP contribution in [0.1, 0.15) is 19.8 Å². The SMILES string of the molecule is CCCCOc1ccc(-c2nc3ncncc3[nH]2)cc1. The quantitative estimate of drug-likeness (QED) is 0.722. The zero-order valence-corrected chi connectivity index (χ0v) is 11.3. The van der Waals surface area contributed by atoms with Crippen LogP contribution in [0.3, 0.4) is 0 Å². The van der Waals surface area contributed by atoms with Crippen molar-refractivity contribution in [1.82, 2.24) is 19.9 Å². The second kappa shape index (κ2) is 5.69. The molecule has 1 N–H and O–H groups in total. The summed E-state index contributed by atoms with van der Waals surface area (Å²) in [6, 6.07) is 7.91. The summed E-state index contributed by atoms with van der Waals surface area (Å²) in [5, 5.41) is 0. The highest BCUT2D eigenvalue weighted by Crippen LogP contribution is 2.21. The summed E-state index contributed by atoms with van der Waals surface area (Å²) in [5.74, 6) is 1.68. The van der Waals surface area contributed by atoms with E-state index in [-0.39, 0.29) is 0 Å². The van der Waals surface area contributed by atoms with Gasteiger partial charge in [-0.2, -0.15) is 0 Å². The van der Waals surface area contributed by atoms with Gasteiger partial charge in [0.2, 0.25) is 0 Å². The Labute approximate surface area is 117 Å². The molecule has 0 fully saturated rings. The Balaban J connectivity index is 1.79. The average Bonchev–Trinajstić information content (AvgIpc) is 2.92. The van der Waals surface area contributed by atoms with E-state index in [4.69, 9.17) is 4.74 Å². The van der Waals surface area contributed by atoms with Gasteiger partial charge in [0.15, 0.2) is 5.65 Å². The average molecular weight is 268 g/mol. The number of hydrogen-bond acceptors (Lipinski definition) is 4. The van der Waals surface area contributed by atoms with Crippen molar-refractivity contribution >= 4 is 11.2 Å². The molecule has 0 spiro atoms. The maximum Gasteiger partial charge on any atom is 0.181 e. The molecule has 102 valence electrons. The Bertz CT molecular complexity index is 657. The van der Waals surface area contributed by atoms with Crippen LogP contribution in [-0.2, 0) is 0 Å². The molecule has 5 nitrogen and oxygen atoms in total. The van der Waals surface area contributed by atoms with Crippen molar-refractivity contribution in [3.8, 4) is 17.1 Å². The monoisotopic (exact) mass is 268 g/mol. The lowest BCUT2D eigenvalue weighted by molar-refractivity contribution is 0.309. The first-order chi connectivity index (χ1) is 9.86. The van der Waals surface area contributed by atoms with Crippen LogP contribution in [0.5, 0.6) is 5.75 Å². The molecule has 1 aromatic carbocycles. The maximum absolute atomic E-state index is 5.64. The predicted molar refractivity (Wildman–Crippen MR) is 77.5 cm³/mol. The number of unbranched alkanes of at least 4 members (excludes halogenated alkanes) is 1. The largest absolute Gasteiger partial charge is 0.494 e. The van der Waals surface area contributed by atoms with E-state index in [0.717, 1.165) is 42.1 Å². The topological polar surface area (TPSA) is 63.7 Å². The number of nitrogens with zero attached hydrogens (tertiary/aromatic N) is 3. The van der Waals surface area contributed by atoms with E-state index in [1.165, 1.54) is 6.33 Å². The summed E-state index contributed by atoms with van der Waals surface area (Å²) in [4.78, 5) is 15.7. The molecule has 0 saturated carbocycles. The number of fused-ring (bicyclic) bond motifs is 1. The number of ether oxygens (including phenoxy) is 1. The lowest BCUT2D eigenvalue weighted by atomic mass is 10.2. The molecular formula is C15H16N4O. The molecule has 3 rings (SSSR count). The fourth-order valence-electron chi connectivity index (χ4n) is 1.94. The predicted octanol–water partition coefficient (Wildman–Crippen LogP) is 3.20. The molecule has 0 aliphatic rings. The molecule has 3 aromatic rings. The molecule has 5 heteroatoms. The first-order valence-electron chi connectivity index (χ1n) is 6.76. The summed E-state index contributed by atoms with van der Waals surface area (Å²) in [5.41, 5.74) is 2.52. The smallest absolute Gasteiger partial charge is 0.181 e. The minimum atomic E-state index is 0.679. The van der Waals surface area contributed by atoms with Crippen LogP contribution in [-0.4, -0.2) is 26.5 Å². The fourth-order valence-corrected chi connectivity index (χ4v) is 1.94. The standard InChI is InChI=1S/C15H16N4O/c1-2-3-8-20-12-6-4-11(5-7-12)14-18-13-9-16-10-17-15(13)19-14/h4-7,9-10H,2-3,8H2,1H3,(H,16,17,18,19). The molecule has 2 aromatic heterocycles. The van der Waals surface area contributed by atoms with Crippen LogP contribution >= 0.6 is 0 Å². The Hall–Kier alpha value is -2.43. The van der Waals surface area contributed by atoms with Crippen LogP contribution in [0.25, 0.3) is 22.6 Å². The van der Waals surface area contributed by atoms with Crippen molar-refractivity contribution in [2.75, 3.05) is 6.61 Å². The molecule has 0 amide bonds. The number of hydrogen-bond donors (Lipinski definition) is 1. The van der Waals surface area contributed by atoms with E-state index in [2.05, 4.69) is 26.9 Å². The minimum Gasteiger partial charge on any atom is -0.494 e. The zero-order chi connectivity index (χ0) is 13.8. The number of benzene rings is 1. The Morgan fingerprint density at radius 3 is 2.80 bits per heavy atom. The third-order valence-electron chi connectivity index (χ3n) is 3.06. The Morgan fingerprint density at radius 1 is 1.20 bits per heavy atom. The lowest BCUT2D eigenvalue weighted by Crippen LogP contribution is -1.96. The van der Waals surface area contributed by atoms with Gasteiger partial charge < -0.3 is 9.72 Å². The molecule has 20 heavy (non-hydrogen) atoms. The van der Waals surface area contributed by atoms with Gasteiger partial charge in [-0.1, -0.05) is 13.3 Å². The van der Waals surface area contributed by atoms with E-state index in [0.29, 0.717) is 5.65 Å². The van der Waals surface area contributed by atoms with Gasteiger partial charge >= 0.3 is 0 Å². The third kappa shape index (κ3) is 2.61. The van der Waals surface area contributed by atoms with E-state index >= 15 is 0 Å². The van der Waals surface area contributed by atoms with Gasteiger partial charge in [0.05, 0.1) is 12.8 Å². The van der Waals surface area contributed by atoms with E-state index in [1.54, 1.807) is 6.20 Å². The van der Waals surface area contributed by atoms with Crippen molar-refractivity contribution in [3.63, 3.8) is 0 Å². The number of rotatable bonds is 5.